The third kappa shape index (κ3) is 1.76. The van der Waals surface area contributed by atoms with Crippen LogP contribution in [0.2, 0.25) is 0 Å². The van der Waals surface area contributed by atoms with E-state index in [2.05, 4.69) is 20.9 Å². The van der Waals surface area contributed by atoms with Crippen LogP contribution in [-0.2, 0) is 5.60 Å². The molecule has 0 aliphatic carbocycles. The van der Waals surface area contributed by atoms with Crippen molar-refractivity contribution in [3.63, 3.8) is 0 Å². The fraction of sp³-hybridized carbons (Fsp3) is 0.500. The molecule has 88 valence electrons. The van der Waals surface area contributed by atoms with Crippen LogP contribution in [0.15, 0.2) is 30.3 Å². The van der Waals surface area contributed by atoms with Crippen molar-refractivity contribution >= 4 is 0 Å². The van der Waals surface area contributed by atoms with Gasteiger partial charge in [0.1, 0.15) is 0 Å². The Morgan fingerprint density at radius 2 is 1.88 bits per heavy atom. The highest BCUT2D eigenvalue weighted by atomic mass is 16.3. The van der Waals surface area contributed by atoms with Gasteiger partial charge >= 0.3 is 0 Å². The maximum atomic E-state index is 10.9. The molecular formula is C14H20NO-. The number of likely N-dealkylation sites (tertiary alicyclic amines) is 1. The molecule has 0 radical (unpaired) electrons. The minimum atomic E-state index is -0.734. The molecular weight excluding hydrogens is 198 g/mol. The van der Waals surface area contributed by atoms with Crippen LogP contribution in [0.5, 0.6) is 0 Å². The van der Waals surface area contributed by atoms with E-state index in [-0.39, 0.29) is 5.41 Å². The average Bonchev–Trinajstić information content (AvgIpc) is 2.25. The molecule has 1 aromatic rings. The third-order valence-corrected chi connectivity index (χ3v) is 3.78. The first-order valence-corrected chi connectivity index (χ1v) is 5.79. The lowest BCUT2D eigenvalue weighted by Gasteiger charge is -2.52. The standard InChI is InChI=1S/C14H20NO/c1-13(2)11-15(3)10-9-14(13,16)12-7-5-4-6-8-12/h4-8,16H,3,9-11H2,1-2H3/q-1/t14-/m0/s1. The predicted octanol–water partition coefficient (Wildman–Crippen LogP) is 2.40. The van der Waals surface area contributed by atoms with Gasteiger partial charge in [0.25, 0.3) is 0 Å². The van der Waals surface area contributed by atoms with Gasteiger partial charge in [-0.2, -0.15) is 0 Å². The first kappa shape index (κ1) is 11.6. The summed E-state index contributed by atoms with van der Waals surface area (Å²) in [5.74, 6) is 0. The Hall–Kier alpha value is -0.860. The molecule has 0 unspecified atom stereocenters. The van der Waals surface area contributed by atoms with Crippen molar-refractivity contribution in [1.82, 2.24) is 4.90 Å². The van der Waals surface area contributed by atoms with Crippen LogP contribution in [0.4, 0.5) is 0 Å². The topological polar surface area (TPSA) is 23.5 Å². The van der Waals surface area contributed by atoms with Crippen LogP contribution in [0.25, 0.3) is 0 Å². The van der Waals surface area contributed by atoms with E-state index in [1.54, 1.807) is 0 Å². The van der Waals surface area contributed by atoms with Crippen molar-refractivity contribution < 1.29 is 5.11 Å². The minimum Gasteiger partial charge on any atom is -0.459 e. The van der Waals surface area contributed by atoms with Crippen LogP contribution in [0.1, 0.15) is 25.8 Å². The highest BCUT2D eigenvalue weighted by Gasteiger charge is 2.46. The minimum absolute atomic E-state index is 0.172. The van der Waals surface area contributed by atoms with Crippen molar-refractivity contribution in [2.75, 3.05) is 13.1 Å². The summed E-state index contributed by atoms with van der Waals surface area (Å²) in [6.07, 6.45) is 0.744. The smallest absolute Gasteiger partial charge is 0.0969 e. The van der Waals surface area contributed by atoms with Gasteiger partial charge in [-0.25, -0.2) is 0 Å². The fourth-order valence-electron chi connectivity index (χ4n) is 2.68. The quantitative estimate of drug-likeness (QED) is 0.732. The third-order valence-electron chi connectivity index (χ3n) is 3.78. The fourth-order valence-corrected chi connectivity index (χ4v) is 2.68. The van der Waals surface area contributed by atoms with Crippen molar-refractivity contribution in [2.24, 2.45) is 5.41 Å². The summed E-state index contributed by atoms with van der Waals surface area (Å²) in [7, 11) is 3.97. The molecule has 0 amide bonds. The predicted molar refractivity (Wildman–Crippen MR) is 65.7 cm³/mol. The molecule has 1 aliphatic rings. The molecule has 0 aromatic heterocycles. The number of benzene rings is 1. The van der Waals surface area contributed by atoms with Gasteiger partial charge in [-0.05, 0) is 25.1 Å². The van der Waals surface area contributed by atoms with Crippen LogP contribution in [0, 0.1) is 12.5 Å². The van der Waals surface area contributed by atoms with E-state index in [9.17, 15) is 5.11 Å². The number of aliphatic hydroxyl groups is 1. The van der Waals surface area contributed by atoms with Crippen LogP contribution >= 0.6 is 0 Å². The van der Waals surface area contributed by atoms with E-state index in [0.29, 0.717) is 0 Å². The molecule has 1 aliphatic heterocycles. The molecule has 1 atom stereocenters. The van der Waals surface area contributed by atoms with Crippen molar-refractivity contribution in [3.8, 4) is 0 Å². The lowest BCUT2D eigenvalue weighted by Crippen LogP contribution is -2.53. The van der Waals surface area contributed by atoms with Gasteiger partial charge < -0.3 is 10.0 Å². The maximum Gasteiger partial charge on any atom is 0.0969 e. The van der Waals surface area contributed by atoms with Crippen molar-refractivity contribution in [3.05, 3.63) is 42.9 Å². The zero-order valence-corrected chi connectivity index (χ0v) is 10.1. The van der Waals surface area contributed by atoms with Gasteiger partial charge in [-0.3, -0.25) is 7.05 Å². The average molecular weight is 218 g/mol. The first-order chi connectivity index (χ1) is 7.46. The largest absolute Gasteiger partial charge is 0.459 e. The van der Waals surface area contributed by atoms with Gasteiger partial charge in [-0.1, -0.05) is 44.2 Å². The molecule has 16 heavy (non-hydrogen) atoms. The molecule has 0 bridgehead atoms. The Kier molecular flexibility index (Phi) is 2.81. The maximum absolute atomic E-state index is 10.9. The van der Waals surface area contributed by atoms with Crippen molar-refractivity contribution in [1.29, 1.82) is 0 Å². The van der Waals surface area contributed by atoms with E-state index in [1.165, 1.54) is 0 Å². The molecule has 1 aromatic carbocycles. The number of hydrogen-bond donors (Lipinski definition) is 1. The van der Waals surface area contributed by atoms with Gasteiger partial charge in [0, 0.05) is 5.41 Å². The second kappa shape index (κ2) is 3.86. The molecule has 2 heteroatoms. The summed E-state index contributed by atoms with van der Waals surface area (Å²) in [6, 6.07) is 9.98. The van der Waals surface area contributed by atoms with Gasteiger partial charge in [0.05, 0.1) is 5.60 Å². The van der Waals surface area contributed by atoms with E-state index >= 15 is 0 Å². The molecule has 1 heterocycles. The molecule has 0 saturated carbocycles. The lowest BCUT2D eigenvalue weighted by molar-refractivity contribution is -0.117. The number of piperidine rings is 1. The normalized spacial score (nSPS) is 30.2. The zero-order valence-electron chi connectivity index (χ0n) is 10.1. The highest BCUT2D eigenvalue weighted by Crippen LogP contribution is 2.45. The Morgan fingerprint density at radius 3 is 2.44 bits per heavy atom. The SMILES string of the molecule is [CH2-]N1CC[C@](O)(c2ccccc2)C(C)(C)C1. The molecule has 1 fully saturated rings. The Morgan fingerprint density at radius 1 is 1.25 bits per heavy atom. The van der Waals surface area contributed by atoms with E-state index in [4.69, 9.17) is 0 Å². The van der Waals surface area contributed by atoms with E-state index in [1.807, 2.05) is 35.2 Å². The van der Waals surface area contributed by atoms with Crippen LogP contribution < -0.4 is 0 Å². The van der Waals surface area contributed by atoms with E-state index in [0.717, 1.165) is 25.1 Å². The van der Waals surface area contributed by atoms with Gasteiger partial charge in [0.15, 0.2) is 0 Å². The molecule has 0 spiro atoms. The summed E-state index contributed by atoms with van der Waals surface area (Å²) in [5.41, 5.74) is 0.115. The number of hydrogen-bond acceptors (Lipinski definition) is 2. The lowest BCUT2D eigenvalue weighted by atomic mass is 9.66. The number of rotatable bonds is 1. The zero-order chi connectivity index (χ0) is 11.8. The summed E-state index contributed by atoms with van der Waals surface area (Å²) < 4.78 is 0. The van der Waals surface area contributed by atoms with Crippen LogP contribution in [-0.4, -0.2) is 23.1 Å². The molecule has 1 N–H and O–H groups in total. The molecule has 2 rings (SSSR count). The van der Waals surface area contributed by atoms with Crippen LogP contribution in [0.3, 0.4) is 0 Å². The summed E-state index contributed by atoms with van der Waals surface area (Å²) in [6.45, 7) is 5.88. The summed E-state index contributed by atoms with van der Waals surface area (Å²) in [4.78, 5) is 2.04. The van der Waals surface area contributed by atoms with Gasteiger partial charge in [-0.15, -0.1) is 0 Å². The summed E-state index contributed by atoms with van der Waals surface area (Å²) >= 11 is 0. The van der Waals surface area contributed by atoms with E-state index < -0.39 is 5.60 Å². The molecule has 1 saturated heterocycles. The monoisotopic (exact) mass is 218 g/mol. The van der Waals surface area contributed by atoms with Crippen molar-refractivity contribution in [2.45, 2.75) is 25.9 Å². The number of nitrogens with zero attached hydrogens (tertiary/aromatic N) is 1. The van der Waals surface area contributed by atoms with Gasteiger partial charge in [0.2, 0.25) is 0 Å². The molecule has 2 nitrogen and oxygen atoms in total. The Balaban J connectivity index is 2.37. The first-order valence-electron chi connectivity index (χ1n) is 5.79. The summed E-state index contributed by atoms with van der Waals surface area (Å²) in [5, 5.41) is 10.9. The Labute approximate surface area is 97.9 Å². The second-order valence-corrected chi connectivity index (χ2v) is 5.41. The second-order valence-electron chi connectivity index (χ2n) is 5.41. The Bertz CT molecular complexity index is 360. The highest BCUT2D eigenvalue weighted by molar-refractivity contribution is 5.26.